The molecule has 1 aromatic carbocycles. The van der Waals surface area contributed by atoms with Gasteiger partial charge in [-0.25, -0.2) is 4.79 Å². The summed E-state index contributed by atoms with van der Waals surface area (Å²) in [5.74, 6) is -0.409. The highest BCUT2D eigenvalue weighted by Gasteiger charge is 2.28. The number of esters is 1. The minimum Gasteiger partial charge on any atom is -0.462 e. The molecule has 1 fully saturated rings. The van der Waals surface area contributed by atoms with Crippen LogP contribution in [0.5, 0.6) is 0 Å². The number of morpholine rings is 1. The normalized spacial score (nSPS) is 22.2. The summed E-state index contributed by atoms with van der Waals surface area (Å²) < 4.78 is 10.8. The summed E-state index contributed by atoms with van der Waals surface area (Å²) >= 11 is 6.34. The smallest absolute Gasteiger partial charge is 0.340 e. The monoisotopic (exact) mass is 312 g/mol. The summed E-state index contributed by atoms with van der Waals surface area (Å²) in [6, 6.07) is 3.27. The summed E-state index contributed by atoms with van der Waals surface area (Å²) in [6.45, 7) is 7.40. The number of hydrogen-bond donors (Lipinski definition) is 1. The van der Waals surface area contributed by atoms with E-state index in [1.54, 1.807) is 19.1 Å². The first-order chi connectivity index (χ1) is 9.92. The van der Waals surface area contributed by atoms with E-state index in [-0.39, 0.29) is 12.2 Å². The van der Waals surface area contributed by atoms with Crippen LogP contribution in [0.15, 0.2) is 12.1 Å². The highest BCUT2D eigenvalue weighted by Crippen LogP contribution is 2.34. The van der Waals surface area contributed by atoms with Crippen LogP contribution in [-0.4, -0.2) is 37.9 Å². The van der Waals surface area contributed by atoms with Crippen molar-refractivity contribution in [1.82, 2.24) is 0 Å². The van der Waals surface area contributed by atoms with E-state index in [1.807, 2.05) is 13.8 Å². The highest BCUT2D eigenvalue weighted by atomic mass is 35.5. The van der Waals surface area contributed by atoms with Crippen molar-refractivity contribution in [1.29, 1.82) is 0 Å². The number of carbonyl (C=O) groups excluding carboxylic acids is 1. The molecule has 5 nitrogen and oxygen atoms in total. The van der Waals surface area contributed by atoms with Crippen LogP contribution < -0.4 is 10.6 Å². The molecule has 1 saturated heterocycles. The Balaban J connectivity index is 2.43. The molecule has 0 amide bonds. The Morgan fingerprint density at radius 2 is 2.05 bits per heavy atom. The van der Waals surface area contributed by atoms with Gasteiger partial charge in [0.15, 0.2) is 0 Å². The fraction of sp³-hybridized carbons (Fsp3) is 0.533. The van der Waals surface area contributed by atoms with Crippen LogP contribution in [0.1, 0.15) is 31.1 Å². The molecular formula is C15H21ClN2O3. The van der Waals surface area contributed by atoms with Crippen LogP contribution in [-0.2, 0) is 9.47 Å². The molecule has 116 valence electrons. The lowest BCUT2D eigenvalue weighted by Gasteiger charge is -2.38. The Kier molecular flexibility index (Phi) is 4.96. The van der Waals surface area contributed by atoms with Crippen molar-refractivity contribution >= 4 is 28.9 Å². The lowest BCUT2D eigenvalue weighted by Crippen LogP contribution is -2.46. The highest BCUT2D eigenvalue weighted by molar-refractivity contribution is 6.34. The second-order valence-corrected chi connectivity index (χ2v) is 5.69. The van der Waals surface area contributed by atoms with E-state index in [4.69, 9.17) is 26.8 Å². The number of ether oxygens (including phenoxy) is 2. The molecule has 2 atom stereocenters. The molecule has 2 rings (SSSR count). The lowest BCUT2D eigenvalue weighted by molar-refractivity contribution is -0.00534. The summed E-state index contributed by atoms with van der Waals surface area (Å²) in [4.78, 5) is 14.2. The van der Waals surface area contributed by atoms with Gasteiger partial charge in [0.05, 0.1) is 35.1 Å². The molecule has 1 aliphatic rings. The van der Waals surface area contributed by atoms with Crippen LogP contribution in [0.2, 0.25) is 5.02 Å². The Bertz CT molecular complexity index is 526. The predicted octanol–water partition coefficient (Wildman–Crippen LogP) is 2.71. The molecule has 0 aliphatic carbocycles. The number of carbonyl (C=O) groups is 1. The second-order valence-electron chi connectivity index (χ2n) is 5.28. The average Bonchev–Trinajstić information content (AvgIpc) is 2.36. The van der Waals surface area contributed by atoms with Crippen molar-refractivity contribution < 1.29 is 14.3 Å². The molecule has 21 heavy (non-hydrogen) atoms. The fourth-order valence-corrected chi connectivity index (χ4v) is 3.01. The van der Waals surface area contributed by atoms with Gasteiger partial charge in [0.25, 0.3) is 0 Å². The first kappa shape index (κ1) is 15.9. The Hall–Kier alpha value is -1.46. The molecule has 2 N–H and O–H groups in total. The van der Waals surface area contributed by atoms with Crippen molar-refractivity contribution in [2.75, 3.05) is 30.3 Å². The van der Waals surface area contributed by atoms with Crippen molar-refractivity contribution in [3.63, 3.8) is 0 Å². The molecule has 1 heterocycles. The number of nitrogens with two attached hydrogens (primary N) is 1. The van der Waals surface area contributed by atoms with Crippen LogP contribution in [0, 0.1) is 0 Å². The van der Waals surface area contributed by atoms with E-state index in [9.17, 15) is 4.79 Å². The first-order valence-electron chi connectivity index (χ1n) is 7.09. The number of nitrogen functional groups attached to an aromatic ring is 1. The maximum atomic E-state index is 12.2. The van der Waals surface area contributed by atoms with E-state index >= 15 is 0 Å². The van der Waals surface area contributed by atoms with Gasteiger partial charge in [-0.15, -0.1) is 0 Å². The predicted molar refractivity (Wildman–Crippen MR) is 84.0 cm³/mol. The Morgan fingerprint density at radius 1 is 1.43 bits per heavy atom. The van der Waals surface area contributed by atoms with Gasteiger partial charge in [-0.05, 0) is 32.9 Å². The van der Waals surface area contributed by atoms with Gasteiger partial charge in [-0.3, -0.25) is 0 Å². The number of hydrogen-bond acceptors (Lipinski definition) is 5. The van der Waals surface area contributed by atoms with E-state index in [1.165, 1.54) is 0 Å². The first-order valence-corrected chi connectivity index (χ1v) is 7.46. The Labute approximate surface area is 130 Å². The third-order valence-electron chi connectivity index (χ3n) is 3.32. The third kappa shape index (κ3) is 3.60. The van der Waals surface area contributed by atoms with Crippen LogP contribution >= 0.6 is 11.6 Å². The summed E-state index contributed by atoms with van der Waals surface area (Å²) in [6.07, 6.45) is 0.134. The zero-order chi connectivity index (χ0) is 15.6. The van der Waals surface area contributed by atoms with Gasteiger partial charge in [0.1, 0.15) is 0 Å². The lowest BCUT2D eigenvalue weighted by atomic mass is 10.1. The average molecular weight is 313 g/mol. The minimum absolute atomic E-state index is 0.0671. The maximum Gasteiger partial charge on any atom is 0.340 e. The van der Waals surface area contributed by atoms with E-state index in [2.05, 4.69) is 4.90 Å². The number of anilines is 2. The maximum absolute atomic E-state index is 12.2. The molecule has 0 spiro atoms. The van der Waals surface area contributed by atoms with Gasteiger partial charge in [-0.2, -0.15) is 0 Å². The summed E-state index contributed by atoms with van der Waals surface area (Å²) in [5.41, 5.74) is 7.33. The second kappa shape index (κ2) is 6.54. The van der Waals surface area contributed by atoms with Gasteiger partial charge >= 0.3 is 5.97 Å². The Morgan fingerprint density at radius 3 is 2.62 bits per heavy atom. The van der Waals surface area contributed by atoms with Crippen molar-refractivity contribution in [3.05, 3.63) is 22.7 Å². The molecule has 0 saturated carbocycles. The van der Waals surface area contributed by atoms with Crippen LogP contribution in [0.4, 0.5) is 11.4 Å². The van der Waals surface area contributed by atoms with Crippen LogP contribution in [0.25, 0.3) is 0 Å². The number of halogens is 1. The largest absolute Gasteiger partial charge is 0.462 e. The van der Waals surface area contributed by atoms with Gasteiger partial charge in [0.2, 0.25) is 0 Å². The van der Waals surface area contributed by atoms with Gasteiger partial charge < -0.3 is 20.1 Å². The molecule has 1 aromatic rings. The zero-order valence-electron chi connectivity index (χ0n) is 12.6. The van der Waals surface area contributed by atoms with Crippen molar-refractivity contribution in [2.24, 2.45) is 0 Å². The minimum atomic E-state index is -0.409. The van der Waals surface area contributed by atoms with E-state index in [0.717, 1.165) is 0 Å². The van der Waals surface area contributed by atoms with E-state index in [0.29, 0.717) is 41.7 Å². The van der Waals surface area contributed by atoms with E-state index < -0.39 is 5.97 Å². The third-order valence-corrected chi connectivity index (χ3v) is 3.61. The molecule has 2 unspecified atom stereocenters. The number of benzene rings is 1. The van der Waals surface area contributed by atoms with Gasteiger partial charge in [-0.1, -0.05) is 11.6 Å². The topological polar surface area (TPSA) is 64.8 Å². The zero-order valence-corrected chi connectivity index (χ0v) is 13.3. The fourth-order valence-electron chi connectivity index (χ4n) is 2.67. The molecular weight excluding hydrogens is 292 g/mol. The van der Waals surface area contributed by atoms with Crippen molar-refractivity contribution in [2.45, 2.75) is 33.0 Å². The summed E-state index contributed by atoms with van der Waals surface area (Å²) in [7, 11) is 0. The molecule has 0 radical (unpaired) electrons. The molecule has 0 aromatic heterocycles. The van der Waals surface area contributed by atoms with Gasteiger partial charge in [0, 0.05) is 18.8 Å². The quantitative estimate of drug-likeness (QED) is 0.686. The van der Waals surface area contributed by atoms with Crippen molar-refractivity contribution in [3.8, 4) is 0 Å². The molecule has 6 heteroatoms. The molecule has 0 bridgehead atoms. The SMILES string of the molecule is CCOC(=O)c1cc(N)cc(Cl)c1N1CC(C)OC(C)C1. The number of nitrogens with zero attached hydrogens (tertiary/aromatic N) is 1. The van der Waals surface area contributed by atoms with Crippen LogP contribution in [0.3, 0.4) is 0 Å². The molecule has 1 aliphatic heterocycles. The number of rotatable bonds is 3. The standard InChI is InChI=1S/C15H21ClN2O3/c1-4-20-15(19)12-5-11(17)6-13(16)14(12)18-7-9(2)21-10(3)8-18/h5-6,9-10H,4,7-8,17H2,1-3H3. The summed E-state index contributed by atoms with van der Waals surface area (Å²) in [5, 5.41) is 0.458.